The molecule has 2 aromatic heterocycles. The number of H-pyrrole nitrogens is 1. The first kappa shape index (κ1) is 17.4. The minimum Gasteiger partial charge on any atom is -0.309 e. The number of aromatic amines is 1. The van der Waals surface area contributed by atoms with E-state index in [9.17, 15) is 4.79 Å². The Balaban J connectivity index is 1.67. The molecule has 27 heavy (non-hydrogen) atoms. The molecule has 0 aliphatic carbocycles. The van der Waals surface area contributed by atoms with Crippen LogP contribution < -0.4 is 5.56 Å². The van der Waals surface area contributed by atoms with Crippen molar-refractivity contribution in [1.82, 2.24) is 30.2 Å². The standard InChI is InChI=1S/C19H18N6OS/c1-11-8-12(2)10-14(9-11)25-19(22-23-24-25)27-13(3)17-20-16-7-5-4-6-15(16)18(26)21-17/h4-10,13H,1-3H3,(H,20,21,26). The second-order valence-electron chi connectivity index (χ2n) is 6.45. The number of tetrazole rings is 1. The second-order valence-corrected chi connectivity index (χ2v) is 7.76. The number of aromatic nitrogens is 6. The predicted octanol–water partition coefficient (Wildman–Crippen LogP) is 3.37. The maximum Gasteiger partial charge on any atom is 0.258 e. The van der Waals surface area contributed by atoms with Crippen LogP contribution in [-0.2, 0) is 0 Å². The van der Waals surface area contributed by atoms with Gasteiger partial charge in [0.05, 0.1) is 21.8 Å². The fraction of sp³-hybridized carbons (Fsp3) is 0.211. The van der Waals surface area contributed by atoms with Gasteiger partial charge in [-0.15, -0.1) is 5.10 Å². The molecule has 4 aromatic rings. The van der Waals surface area contributed by atoms with Crippen LogP contribution in [0, 0.1) is 13.8 Å². The molecule has 7 nitrogen and oxygen atoms in total. The SMILES string of the molecule is Cc1cc(C)cc(-n2nnnc2SC(C)c2nc3ccccc3c(=O)[nH]2)c1. The minimum atomic E-state index is -0.142. The van der Waals surface area contributed by atoms with Gasteiger partial charge in [-0.2, -0.15) is 4.68 Å². The highest BCUT2D eigenvalue weighted by atomic mass is 32.2. The number of hydrogen-bond acceptors (Lipinski definition) is 6. The Hall–Kier alpha value is -3.00. The number of benzene rings is 2. The molecule has 1 N–H and O–H groups in total. The monoisotopic (exact) mass is 378 g/mol. The first-order chi connectivity index (χ1) is 13.0. The van der Waals surface area contributed by atoms with Gasteiger partial charge in [0, 0.05) is 0 Å². The van der Waals surface area contributed by atoms with Gasteiger partial charge in [0.25, 0.3) is 5.56 Å². The number of nitrogens with zero attached hydrogens (tertiary/aromatic N) is 5. The zero-order valence-corrected chi connectivity index (χ0v) is 16.0. The van der Waals surface area contributed by atoms with Crippen molar-refractivity contribution in [3.63, 3.8) is 0 Å². The van der Waals surface area contributed by atoms with Crippen molar-refractivity contribution < 1.29 is 0 Å². The number of nitrogens with one attached hydrogen (secondary N) is 1. The lowest BCUT2D eigenvalue weighted by molar-refractivity contribution is 0.752. The Morgan fingerprint density at radius 3 is 2.63 bits per heavy atom. The lowest BCUT2D eigenvalue weighted by Crippen LogP contribution is -2.13. The van der Waals surface area contributed by atoms with Crippen molar-refractivity contribution in [2.45, 2.75) is 31.2 Å². The lowest BCUT2D eigenvalue weighted by Gasteiger charge is -2.11. The van der Waals surface area contributed by atoms with E-state index < -0.39 is 0 Å². The van der Waals surface area contributed by atoms with E-state index in [0.29, 0.717) is 21.9 Å². The summed E-state index contributed by atoms with van der Waals surface area (Å²) in [6.07, 6.45) is 0. The molecule has 0 spiro atoms. The zero-order valence-electron chi connectivity index (χ0n) is 15.2. The molecule has 0 saturated heterocycles. The van der Waals surface area contributed by atoms with Gasteiger partial charge in [-0.3, -0.25) is 4.79 Å². The van der Waals surface area contributed by atoms with Crippen LogP contribution >= 0.6 is 11.8 Å². The molecule has 2 aromatic carbocycles. The van der Waals surface area contributed by atoms with Crippen molar-refractivity contribution >= 4 is 22.7 Å². The average Bonchev–Trinajstić information content (AvgIpc) is 3.09. The summed E-state index contributed by atoms with van der Waals surface area (Å²) < 4.78 is 1.71. The molecular weight excluding hydrogens is 360 g/mol. The van der Waals surface area contributed by atoms with Crippen LogP contribution in [-0.4, -0.2) is 30.2 Å². The van der Waals surface area contributed by atoms with E-state index in [1.165, 1.54) is 11.8 Å². The molecule has 0 bridgehead atoms. The lowest BCUT2D eigenvalue weighted by atomic mass is 10.1. The number of rotatable bonds is 4. The van der Waals surface area contributed by atoms with Crippen LogP contribution in [0.3, 0.4) is 0 Å². The molecule has 136 valence electrons. The summed E-state index contributed by atoms with van der Waals surface area (Å²) in [4.78, 5) is 19.8. The summed E-state index contributed by atoms with van der Waals surface area (Å²) in [6.45, 7) is 6.05. The largest absolute Gasteiger partial charge is 0.309 e. The van der Waals surface area contributed by atoms with Gasteiger partial charge in [0.1, 0.15) is 5.82 Å². The van der Waals surface area contributed by atoms with Crippen molar-refractivity contribution in [3.8, 4) is 5.69 Å². The summed E-state index contributed by atoms with van der Waals surface area (Å²) in [7, 11) is 0. The Labute approximate surface area is 159 Å². The molecule has 0 amide bonds. The number of thioether (sulfide) groups is 1. The van der Waals surface area contributed by atoms with Gasteiger partial charge in [-0.25, -0.2) is 4.98 Å². The van der Waals surface area contributed by atoms with Crippen LogP contribution in [0.25, 0.3) is 16.6 Å². The molecule has 0 radical (unpaired) electrons. The van der Waals surface area contributed by atoms with Crippen molar-refractivity contribution in [2.24, 2.45) is 0 Å². The fourth-order valence-electron chi connectivity index (χ4n) is 3.00. The molecular formula is C19H18N6OS. The number of para-hydroxylation sites is 1. The topological polar surface area (TPSA) is 89.3 Å². The van der Waals surface area contributed by atoms with Crippen LogP contribution in [0.1, 0.15) is 29.1 Å². The van der Waals surface area contributed by atoms with E-state index in [1.54, 1.807) is 10.7 Å². The molecule has 0 saturated carbocycles. The summed E-state index contributed by atoms with van der Waals surface area (Å²) in [5.74, 6) is 0.596. The van der Waals surface area contributed by atoms with Crippen LogP contribution in [0.4, 0.5) is 0 Å². The molecule has 0 aliphatic rings. The van der Waals surface area contributed by atoms with E-state index in [2.05, 4.69) is 31.6 Å². The second kappa shape index (κ2) is 6.96. The first-order valence-electron chi connectivity index (χ1n) is 8.54. The summed E-state index contributed by atoms with van der Waals surface area (Å²) >= 11 is 1.45. The van der Waals surface area contributed by atoms with Crippen molar-refractivity contribution in [1.29, 1.82) is 0 Å². The van der Waals surface area contributed by atoms with E-state index >= 15 is 0 Å². The Morgan fingerprint density at radius 2 is 1.85 bits per heavy atom. The first-order valence-corrected chi connectivity index (χ1v) is 9.42. The minimum absolute atomic E-state index is 0.127. The summed E-state index contributed by atoms with van der Waals surface area (Å²) in [6, 6.07) is 13.5. The Kier molecular flexibility index (Phi) is 4.49. The molecule has 2 heterocycles. The average molecular weight is 378 g/mol. The van der Waals surface area contributed by atoms with Crippen LogP contribution in [0.2, 0.25) is 0 Å². The Morgan fingerprint density at radius 1 is 1.11 bits per heavy atom. The molecule has 1 atom stereocenters. The highest BCUT2D eigenvalue weighted by Crippen LogP contribution is 2.32. The normalized spacial score (nSPS) is 12.4. The van der Waals surface area contributed by atoms with Crippen molar-refractivity contribution in [2.75, 3.05) is 0 Å². The highest BCUT2D eigenvalue weighted by Gasteiger charge is 2.17. The third kappa shape index (κ3) is 3.48. The van der Waals surface area contributed by atoms with Gasteiger partial charge < -0.3 is 4.98 Å². The maximum atomic E-state index is 12.3. The van der Waals surface area contributed by atoms with E-state index in [-0.39, 0.29) is 10.8 Å². The summed E-state index contributed by atoms with van der Waals surface area (Å²) in [5, 5.41) is 13.2. The quantitative estimate of drug-likeness (QED) is 0.548. The predicted molar refractivity (Wildman–Crippen MR) is 105 cm³/mol. The molecule has 0 fully saturated rings. The zero-order chi connectivity index (χ0) is 19.0. The van der Waals surface area contributed by atoms with Crippen LogP contribution in [0.5, 0.6) is 0 Å². The van der Waals surface area contributed by atoms with Gasteiger partial charge in [0.2, 0.25) is 5.16 Å². The van der Waals surface area contributed by atoms with Crippen LogP contribution in [0.15, 0.2) is 52.4 Å². The molecule has 1 unspecified atom stereocenters. The van der Waals surface area contributed by atoms with Gasteiger partial charge >= 0.3 is 0 Å². The Bertz CT molecular complexity index is 1160. The number of hydrogen-bond donors (Lipinski definition) is 1. The van der Waals surface area contributed by atoms with Gasteiger partial charge in [0.15, 0.2) is 0 Å². The third-order valence-electron chi connectivity index (χ3n) is 4.19. The van der Waals surface area contributed by atoms with Gasteiger partial charge in [-0.05, 0) is 66.6 Å². The number of fused-ring (bicyclic) bond motifs is 1. The van der Waals surface area contributed by atoms with E-state index in [0.717, 1.165) is 16.8 Å². The smallest absolute Gasteiger partial charge is 0.258 e. The summed E-state index contributed by atoms with van der Waals surface area (Å²) in [5.41, 5.74) is 3.73. The van der Waals surface area contributed by atoms with E-state index in [1.807, 2.05) is 51.1 Å². The fourth-order valence-corrected chi connectivity index (χ4v) is 3.86. The third-order valence-corrected chi connectivity index (χ3v) is 5.23. The molecule has 4 rings (SSSR count). The highest BCUT2D eigenvalue weighted by molar-refractivity contribution is 7.99. The molecule has 8 heteroatoms. The van der Waals surface area contributed by atoms with E-state index in [4.69, 9.17) is 0 Å². The van der Waals surface area contributed by atoms with Crippen molar-refractivity contribution in [3.05, 3.63) is 69.8 Å². The number of aryl methyl sites for hydroxylation is 2. The maximum absolute atomic E-state index is 12.3. The van der Waals surface area contributed by atoms with Gasteiger partial charge in [-0.1, -0.05) is 30.0 Å². The molecule has 0 aliphatic heterocycles.